The molecular formula is C43H56F2N10O11. The van der Waals surface area contributed by atoms with Crippen molar-refractivity contribution in [3.05, 3.63) is 36.0 Å². The fraction of sp³-hybridized carbons (Fsp3) is 0.605. The molecule has 1 spiro atoms. The molecule has 1 aromatic heterocycles. The number of carboxylic acid groups (broad SMARTS) is 3. The SMILES string of the molecule is N#C[C@@H]1CC(F)(F)CN1C(=O)CNC(=O)c1ccnc2ccc(NC(=O)C3CCC4(CC3)CN(C(=O)CN3CCN(CC(=O)O)CCN(CC(=O)O)CCN(CC(=O)O)CC3)CCO4)cc12. The molecule has 3 saturated heterocycles. The molecule has 23 heteroatoms. The third kappa shape index (κ3) is 13.6. The van der Waals surface area contributed by atoms with Crippen LogP contribution in [-0.4, -0.2) is 220 Å². The molecule has 1 aromatic carbocycles. The lowest BCUT2D eigenvalue weighted by Gasteiger charge is -2.46. The minimum atomic E-state index is -3.20. The predicted molar refractivity (Wildman–Crippen MR) is 229 cm³/mol. The van der Waals surface area contributed by atoms with Gasteiger partial charge in [-0.3, -0.25) is 58.1 Å². The minimum Gasteiger partial charge on any atom is -0.480 e. The fourth-order valence-corrected chi connectivity index (χ4v) is 9.06. The van der Waals surface area contributed by atoms with E-state index in [-0.39, 0.29) is 95.4 Å². The van der Waals surface area contributed by atoms with Crippen LogP contribution in [0.5, 0.6) is 0 Å². The number of nitrogens with zero attached hydrogens (tertiary/aromatic N) is 8. The first-order valence-corrected chi connectivity index (χ1v) is 21.9. The van der Waals surface area contributed by atoms with E-state index in [0.717, 1.165) is 4.90 Å². The van der Waals surface area contributed by atoms with Crippen molar-refractivity contribution >= 4 is 58.1 Å². The summed E-state index contributed by atoms with van der Waals surface area (Å²) < 4.78 is 34.1. The number of carbonyl (C=O) groups excluding carboxylic acids is 4. The molecule has 3 aliphatic heterocycles. The van der Waals surface area contributed by atoms with Gasteiger partial charge in [0.05, 0.1) is 68.6 Å². The molecule has 358 valence electrons. The van der Waals surface area contributed by atoms with Gasteiger partial charge >= 0.3 is 17.9 Å². The number of rotatable bonds is 13. The number of morpholine rings is 1. The van der Waals surface area contributed by atoms with E-state index in [1.54, 1.807) is 43.9 Å². The lowest BCUT2D eigenvalue weighted by molar-refractivity contribution is -0.160. The van der Waals surface area contributed by atoms with Crippen LogP contribution in [-0.2, 0) is 33.5 Å². The van der Waals surface area contributed by atoms with Crippen molar-refractivity contribution in [3.63, 3.8) is 0 Å². The number of nitrogens with one attached hydrogen (secondary N) is 2. The molecular weight excluding hydrogens is 871 g/mol. The highest BCUT2D eigenvalue weighted by Crippen LogP contribution is 2.38. The van der Waals surface area contributed by atoms with Crippen molar-refractivity contribution in [2.24, 2.45) is 5.92 Å². The number of amides is 4. The molecule has 2 aromatic rings. The number of benzene rings is 1. The number of aromatic nitrogens is 1. The first-order valence-electron chi connectivity index (χ1n) is 21.9. The number of carbonyl (C=O) groups is 7. The number of alkyl halides is 2. The summed E-state index contributed by atoms with van der Waals surface area (Å²) in [5.74, 6) is -8.63. The summed E-state index contributed by atoms with van der Waals surface area (Å²) in [6.45, 7) is 0.826. The number of aliphatic carboxylic acids is 3. The summed E-state index contributed by atoms with van der Waals surface area (Å²) in [6.07, 6.45) is 2.56. The molecule has 4 fully saturated rings. The highest BCUT2D eigenvalue weighted by molar-refractivity contribution is 6.08. The van der Waals surface area contributed by atoms with Gasteiger partial charge in [0.1, 0.15) is 6.04 Å². The number of pyridine rings is 1. The predicted octanol–water partition coefficient (Wildman–Crippen LogP) is -0.0739. The third-order valence-electron chi connectivity index (χ3n) is 12.6. The van der Waals surface area contributed by atoms with Gasteiger partial charge in [-0.2, -0.15) is 5.26 Å². The first-order chi connectivity index (χ1) is 31.4. The Morgan fingerprint density at radius 3 is 1.88 bits per heavy atom. The number of hydrogen-bond acceptors (Lipinski definition) is 14. The van der Waals surface area contributed by atoms with E-state index in [9.17, 15) is 62.9 Å². The molecule has 6 rings (SSSR count). The molecule has 5 N–H and O–H groups in total. The summed E-state index contributed by atoms with van der Waals surface area (Å²) in [5.41, 5.74) is 0.286. The molecule has 21 nitrogen and oxygen atoms in total. The van der Waals surface area contributed by atoms with Gasteiger partial charge < -0.3 is 40.5 Å². The lowest BCUT2D eigenvalue weighted by atomic mass is 9.77. The van der Waals surface area contributed by atoms with Gasteiger partial charge in [-0.05, 0) is 49.9 Å². The molecule has 4 amide bonds. The zero-order valence-electron chi connectivity index (χ0n) is 36.5. The lowest BCUT2D eigenvalue weighted by Crippen LogP contribution is -2.57. The van der Waals surface area contributed by atoms with E-state index >= 15 is 0 Å². The van der Waals surface area contributed by atoms with Crippen LogP contribution in [0.1, 0.15) is 42.5 Å². The van der Waals surface area contributed by atoms with Gasteiger partial charge in [-0.1, -0.05) is 0 Å². The molecule has 4 aliphatic rings. The Hall–Kier alpha value is -5.93. The van der Waals surface area contributed by atoms with Gasteiger partial charge in [-0.25, -0.2) is 8.78 Å². The van der Waals surface area contributed by atoms with Crippen LogP contribution < -0.4 is 10.6 Å². The van der Waals surface area contributed by atoms with Gasteiger partial charge in [-0.15, -0.1) is 0 Å². The molecule has 1 atom stereocenters. The van der Waals surface area contributed by atoms with E-state index in [0.29, 0.717) is 68.5 Å². The van der Waals surface area contributed by atoms with Crippen LogP contribution in [0.15, 0.2) is 30.5 Å². The van der Waals surface area contributed by atoms with E-state index in [2.05, 4.69) is 15.6 Å². The summed E-state index contributed by atoms with van der Waals surface area (Å²) in [7, 11) is 0. The molecule has 1 saturated carbocycles. The Bertz CT molecular complexity index is 2150. The summed E-state index contributed by atoms with van der Waals surface area (Å²) in [4.78, 5) is 102. The van der Waals surface area contributed by atoms with E-state index in [1.165, 1.54) is 12.3 Å². The normalized spacial score (nSPS) is 23.9. The fourth-order valence-electron chi connectivity index (χ4n) is 9.06. The Kier molecular flexibility index (Phi) is 16.5. The minimum absolute atomic E-state index is 0.000285. The number of ether oxygens (including phenoxy) is 1. The molecule has 0 radical (unpaired) electrons. The second kappa shape index (κ2) is 22.0. The highest BCUT2D eigenvalue weighted by atomic mass is 19.3. The topological polar surface area (TPSA) is 270 Å². The Balaban J connectivity index is 1.03. The number of fused-ring (bicyclic) bond motifs is 1. The van der Waals surface area contributed by atoms with Crippen LogP contribution in [0.25, 0.3) is 10.9 Å². The maximum absolute atomic E-state index is 13.9. The maximum atomic E-state index is 13.9. The number of hydrogen-bond donors (Lipinski definition) is 5. The standard InChI is InChI=1S/C43H56F2N10O11/c44-43(45)20-31(21-46)55(28-43)35(56)22-48-41(65)32-5-8-47-34-2-1-30(19-33(32)34)49-40(64)29-3-6-42(7-4-29)27-54(17-18-66-42)36(57)23-50-9-11-51(24-37(58)59)13-15-53(26-39(62)63)16-14-52(12-10-50)25-38(60)61/h1-2,5,8,19,29,31H,3-4,6-7,9-18,20,22-28H2,(H,48,65)(H,49,64)(H,58,59)(H,60,61)(H,62,63)/t29?,31-,42?/m0/s1. The molecule has 0 bridgehead atoms. The van der Waals surface area contributed by atoms with Crippen molar-refractivity contribution in [1.82, 2.24) is 39.7 Å². The maximum Gasteiger partial charge on any atom is 0.317 e. The second-order valence-electron chi connectivity index (χ2n) is 17.4. The largest absolute Gasteiger partial charge is 0.480 e. The molecule has 1 aliphatic carbocycles. The zero-order chi connectivity index (χ0) is 47.6. The van der Waals surface area contributed by atoms with Crippen molar-refractivity contribution in [1.29, 1.82) is 5.26 Å². The molecule has 66 heavy (non-hydrogen) atoms. The van der Waals surface area contributed by atoms with E-state index in [4.69, 9.17) is 4.74 Å². The summed E-state index contributed by atoms with van der Waals surface area (Å²) >= 11 is 0. The molecule has 4 heterocycles. The van der Waals surface area contributed by atoms with Gasteiger partial charge in [0, 0.05) is 95.1 Å². The monoisotopic (exact) mass is 926 g/mol. The molecule has 0 unspecified atom stereocenters. The third-order valence-corrected chi connectivity index (χ3v) is 12.6. The number of nitriles is 1. The van der Waals surface area contributed by atoms with E-state index < -0.39 is 66.8 Å². The van der Waals surface area contributed by atoms with E-state index in [1.807, 2.05) is 4.90 Å². The Morgan fingerprint density at radius 1 is 0.773 bits per heavy atom. The summed E-state index contributed by atoms with van der Waals surface area (Å²) in [6, 6.07) is 6.70. The van der Waals surface area contributed by atoms with Crippen molar-refractivity contribution in [3.8, 4) is 6.07 Å². The van der Waals surface area contributed by atoms with Gasteiger partial charge in [0.15, 0.2) is 0 Å². The number of carboxylic acids is 3. The zero-order valence-corrected chi connectivity index (χ0v) is 36.5. The smallest absolute Gasteiger partial charge is 0.317 e. The number of likely N-dealkylation sites (tertiary alicyclic amines) is 1. The van der Waals surface area contributed by atoms with Crippen LogP contribution >= 0.6 is 0 Å². The van der Waals surface area contributed by atoms with Crippen LogP contribution in [0.4, 0.5) is 14.5 Å². The first kappa shape index (κ1) is 49.5. The number of halogens is 2. The average molecular weight is 927 g/mol. The summed E-state index contributed by atoms with van der Waals surface area (Å²) in [5, 5.41) is 43.5. The van der Waals surface area contributed by atoms with Crippen LogP contribution in [0.2, 0.25) is 0 Å². The number of anilines is 1. The van der Waals surface area contributed by atoms with Crippen LogP contribution in [0, 0.1) is 17.2 Å². The highest BCUT2D eigenvalue weighted by Gasteiger charge is 2.47. The quantitative estimate of drug-likeness (QED) is 0.176. The van der Waals surface area contributed by atoms with Gasteiger partial charge in [0.25, 0.3) is 11.8 Å². The Labute approximate surface area is 379 Å². The average Bonchev–Trinajstić information content (AvgIpc) is 3.60. The van der Waals surface area contributed by atoms with Crippen molar-refractivity contribution in [2.75, 3.05) is 117 Å². The second-order valence-corrected chi connectivity index (χ2v) is 17.4. The van der Waals surface area contributed by atoms with Crippen LogP contribution in [0.3, 0.4) is 0 Å². The Morgan fingerprint density at radius 2 is 1.33 bits per heavy atom. The van der Waals surface area contributed by atoms with Crippen molar-refractivity contribution in [2.45, 2.75) is 49.7 Å². The van der Waals surface area contributed by atoms with Crippen molar-refractivity contribution < 1.29 is 62.4 Å². The van der Waals surface area contributed by atoms with Gasteiger partial charge in [0.2, 0.25) is 17.7 Å².